The molecule has 1 amide bonds. The SMILES string of the molecule is COc1ccc([N+](=O)[O-])cc1C(=O)OCC(=O)Nc1cccc(Cl)c1. The molecular weight excluding hydrogens is 352 g/mol. The molecule has 0 saturated carbocycles. The summed E-state index contributed by atoms with van der Waals surface area (Å²) in [7, 11) is 1.31. The normalized spacial score (nSPS) is 10.0. The third kappa shape index (κ3) is 4.92. The molecule has 0 fully saturated rings. The van der Waals surface area contributed by atoms with E-state index in [4.69, 9.17) is 21.1 Å². The van der Waals surface area contributed by atoms with Crippen LogP contribution < -0.4 is 10.1 Å². The number of nitrogens with one attached hydrogen (secondary N) is 1. The molecule has 0 bridgehead atoms. The van der Waals surface area contributed by atoms with Crippen molar-refractivity contribution in [1.82, 2.24) is 0 Å². The van der Waals surface area contributed by atoms with Gasteiger partial charge < -0.3 is 14.8 Å². The Morgan fingerprint density at radius 3 is 2.64 bits per heavy atom. The molecule has 0 saturated heterocycles. The lowest BCUT2D eigenvalue weighted by atomic mass is 10.2. The number of hydrogen-bond acceptors (Lipinski definition) is 6. The quantitative estimate of drug-likeness (QED) is 0.479. The Balaban J connectivity index is 2.03. The highest BCUT2D eigenvalue weighted by molar-refractivity contribution is 6.30. The number of carbonyl (C=O) groups is 2. The summed E-state index contributed by atoms with van der Waals surface area (Å²) in [5.74, 6) is -1.40. The van der Waals surface area contributed by atoms with Crippen LogP contribution in [0.1, 0.15) is 10.4 Å². The number of anilines is 1. The van der Waals surface area contributed by atoms with Crippen molar-refractivity contribution in [2.24, 2.45) is 0 Å². The molecule has 25 heavy (non-hydrogen) atoms. The summed E-state index contributed by atoms with van der Waals surface area (Å²) in [5.41, 5.74) is 0.00450. The molecule has 130 valence electrons. The Kier molecular flexibility index (Phi) is 5.91. The maximum absolute atomic E-state index is 12.1. The van der Waals surface area contributed by atoms with Crippen LogP contribution in [0.15, 0.2) is 42.5 Å². The number of hydrogen-bond donors (Lipinski definition) is 1. The van der Waals surface area contributed by atoms with Crippen molar-refractivity contribution in [3.05, 3.63) is 63.2 Å². The summed E-state index contributed by atoms with van der Waals surface area (Å²) in [6.07, 6.45) is 0. The van der Waals surface area contributed by atoms with Gasteiger partial charge in [0.25, 0.3) is 11.6 Å². The highest BCUT2D eigenvalue weighted by Crippen LogP contribution is 2.24. The fourth-order valence-corrected chi connectivity index (χ4v) is 2.13. The maximum atomic E-state index is 12.1. The van der Waals surface area contributed by atoms with Crippen LogP contribution in [-0.4, -0.2) is 30.5 Å². The number of nitro groups is 1. The fourth-order valence-electron chi connectivity index (χ4n) is 1.94. The van der Waals surface area contributed by atoms with Crippen LogP contribution in [-0.2, 0) is 9.53 Å². The molecule has 0 unspecified atom stereocenters. The molecule has 1 N–H and O–H groups in total. The number of nitro benzene ring substituents is 1. The Labute approximate surface area is 147 Å². The van der Waals surface area contributed by atoms with Crippen molar-refractivity contribution in [3.63, 3.8) is 0 Å². The summed E-state index contributed by atoms with van der Waals surface area (Å²) in [6, 6.07) is 9.95. The summed E-state index contributed by atoms with van der Waals surface area (Å²) >= 11 is 5.80. The number of ether oxygens (including phenoxy) is 2. The molecule has 0 radical (unpaired) electrons. The lowest BCUT2D eigenvalue weighted by Gasteiger charge is -2.09. The van der Waals surface area contributed by atoms with E-state index < -0.39 is 23.4 Å². The van der Waals surface area contributed by atoms with Crippen LogP contribution in [0.5, 0.6) is 5.75 Å². The van der Waals surface area contributed by atoms with Gasteiger partial charge in [0, 0.05) is 22.8 Å². The zero-order chi connectivity index (χ0) is 18.4. The Morgan fingerprint density at radius 2 is 2.00 bits per heavy atom. The Hall–Kier alpha value is -3.13. The molecule has 8 nitrogen and oxygen atoms in total. The molecular formula is C16H13ClN2O6. The summed E-state index contributed by atoms with van der Waals surface area (Å²) in [4.78, 5) is 34.1. The molecule has 0 aromatic heterocycles. The van der Waals surface area contributed by atoms with Crippen LogP contribution in [0, 0.1) is 10.1 Å². The predicted octanol–water partition coefficient (Wildman–Crippen LogP) is 3.05. The van der Waals surface area contributed by atoms with Crippen molar-refractivity contribution in [2.45, 2.75) is 0 Å². The number of halogens is 1. The first-order valence-corrected chi connectivity index (χ1v) is 7.33. The van der Waals surface area contributed by atoms with E-state index in [1.54, 1.807) is 18.2 Å². The summed E-state index contributed by atoms with van der Waals surface area (Å²) in [5, 5.41) is 13.8. The van der Waals surface area contributed by atoms with Gasteiger partial charge in [-0.2, -0.15) is 0 Å². The number of amides is 1. The van der Waals surface area contributed by atoms with Gasteiger partial charge in [-0.1, -0.05) is 17.7 Å². The summed E-state index contributed by atoms with van der Waals surface area (Å²) in [6.45, 7) is -0.572. The van der Waals surface area contributed by atoms with E-state index in [0.717, 1.165) is 6.07 Å². The van der Waals surface area contributed by atoms with Crippen LogP contribution >= 0.6 is 11.6 Å². The number of benzene rings is 2. The van der Waals surface area contributed by atoms with Crippen molar-refractivity contribution >= 4 is 34.9 Å². The molecule has 2 rings (SSSR count). The second kappa shape index (κ2) is 8.11. The van der Waals surface area contributed by atoms with Crippen molar-refractivity contribution in [2.75, 3.05) is 19.0 Å². The van der Waals surface area contributed by atoms with E-state index >= 15 is 0 Å². The second-order valence-electron chi connectivity index (χ2n) is 4.78. The second-order valence-corrected chi connectivity index (χ2v) is 5.21. The molecule has 0 spiro atoms. The van der Waals surface area contributed by atoms with E-state index in [2.05, 4.69) is 5.32 Å². The average Bonchev–Trinajstić information content (AvgIpc) is 2.59. The first kappa shape index (κ1) is 18.2. The molecule has 0 aliphatic heterocycles. The zero-order valence-corrected chi connectivity index (χ0v) is 13.8. The molecule has 0 atom stereocenters. The Bertz CT molecular complexity index is 824. The number of carbonyl (C=O) groups excluding carboxylic acids is 2. The molecule has 0 aliphatic carbocycles. The van der Waals surface area contributed by atoms with Crippen LogP contribution in [0.25, 0.3) is 0 Å². The number of nitrogens with zero attached hydrogens (tertiary/aromatic N) is 1. The van der Waals surface area contributed by atoms with Crippen LogP contribution in [0.3, 0.4) is 0 Å². The lowest BCUT2D eigenvalue weighted by molar-refractivity contribution is -0.384. The zero-order valence-electron chi connectivity index (χ0n) is 13.0. The van der Waals surface area contributed by atoms with Gasteiger partial charge >= 0.3 is 5.97 Å². The van der Waals surface area contributed by atoms with Crippen molar-refractivity contribution < 1.29 is 24.0 Å². The van der Waals surface area contributed by atoms with Gasteiger partial charge in [0.05, 0.1) is 12.0 Å². The maximum Gasteiger partial charge on any atom is 0.342 e. The van der Waals surface area contributed by atoms with Crippen molar-refractivity contribution in [1.29, 1.82) is 0 Å². The molecule has 0 heterocycles. The van der Waals surface area contributed by atoms with Crippen LogP contribution in [0.4, 0.5) is 11.4 Å². The average molecular weight is 365 g/mol. The minimum atomic E-state index is -0.915. The third-order valence-corrected chi connectivity index (χ3v) is 3.29. The van der Waals surface area contributed by atoms with Crippen LogP contribution in [0.2, 0.25) is 5.02 Å². The smallest absolute Gasteiger partial charge is 0.342 e. The minimum Gasteiger partial charge on any atom is -0.496 e. The Morgan fingerprint density at radius 1 is 1.24 bits per heavy atom. The van der Waals surface area contributed by atoms with Gasteiger partial charge in [0.1, 0.15) is 11.3 Å². The summed E-state index contributed by atoms with van der Waals surface area (Å²) < 4.78 is 9.86. The standard InChI is InChI=1S/C16H13ClN2O6/c1-24-14-6-5-12(19(22)23)8-13(14)16(21)25-9-15(20)18-11-4-2-3-10(17)7-11/h2-8H,9H2,1H3,(H,18,20). The van der Waals surface area contributed by atoms with Gasteiger partial charge in [-0.25, -0.2) is 4.79 Å². The number of rotatable bonds is 6. The van der Waals surface area contributed by atoms with Crippen molar-refractivity contribution in [3.8, 4) is 5.75 Å². The van der Waals surface area contributed by atoms with Gasteiger partial charge in [0.15, 0.2) is 6.61 Å². The number of non-ortho nitro benzene ring substituents is 1. The van der Waals surface area contributed by atoms with Gasteiger partial charge in [-0.15, -0.1) is 0 Å². The lowest BCUT2D eigenvalue weighted by Crippen LogP contribution is -2.21. The molecule has 0 aliphatic rings. The monoisotopic (exact) mass is 364 g/mol. The predicted molar refractivity (Wildman–Crippen MR) is 90.0 cm³/mol. The van der Waals surface area contributed by atoms with E-state index in [1.165, 1.54) is 25.3 Å². The topological polar surface area (TPSA) is 108 Å². The van der Waals surface area contributed by atoms with Gasteiger partial charge in [-0.3, -0.25) is 14.9 Å². The minimum absolute atomic E-state index is 0.103. The van der Waals surface area contributed by atoms with Gasteiger partial charge in [0.2, 0.25) is 0 Å². The van der Waals surface area contributed by atoms with E-state index in [9.17, 15) is 19.7 Å². The number of esters is 1. The first-order valence-electron chi connectivity index (χ1n) is 6.95. The largest absolute Gasteiger partial charge is 0.496 e. The molecule has 2 aromatic rings. The van der Waals surface area contributed by atoms with E-state index in [1.807, 2.05) is 0 Å². The molecule has 2 aromatic carbocycles. The highest BCUT2D eigenvalue weighted by atomic mass is 35.5. The van der Waals surface area contributed by atoms with E-state index in [-0.39, 0.29) is 17.0 Å². The fraction of sp³-hybridized carbons (Fsp3) is 0.125. The molecule has 9 heteroatoms. The number of methoxy groups -OCH3 is 1. The highest BCUT2D eigenvalue weighted by Gasteiger charge is 2.19. The first-order chi connectivity index (χ1) is 11.9. The van der Waals surface area contributed by atoms with E-state index in [0.29, 0.717) is 10.7 Å². The van der Waals surface area contributed by atoms with Gasteiger partial charge in [-0.05, 0) is 24.3 Å². The third-order valence-electron chi connectivity index (χ3n) is 3.06.